The zero-order chi connectivity index (χ0) is 24.8. The minimum atomic E-state index is -0.869. The van der Waals surface area contributed by atoms with Crippen LogP contribution in [-0.2, 0) is 9.47 Å². The van der Waals surface area contributed by atoms with E-state index in [2.05, 4.69) is 27.0 Å². The molecule has 0 aliphatic carbocycles. The molecule has 0 aromatic carbocycles. The minimum Gasteiger partial charge on any atom is -0.444 e. The number of aromatic nitrogens is 3. The molecular formula is C23H24BrN5O3S2. The number of hydrogen-bond donors (Lipinski definition) is 0. The zero-order valence-electron chi connectivity index (χ0n) is 19.6. The first kappa shape index (κ1) is 24.7. The maximum absolute atomic E-state index is 13.1. The van der Waals surface area contributed by atoms with Gasteiger partial charge in [0, 0.05) is 10.8 Å². The summed E-state index contributed by atoms with van der Waals surface area (Å²) < 4.78 is 12.5. The Morgan fingerprint density at radius 3 is 2.56 bits per heavy atom. The number of pyridine rings is 1. The standard InChI is InChI=1S/C23H24BrN5O3S2/c1-12-18(29(23(5,6)31-12)21(30)32-22(2,3)4)20-27-15(10-33-20)17-13(9-25)7-8-14(26-17)19-28-16(24)11-34-19/h7-8,10-12,18H,1-6H3/t12-,18?/m1/s1. The number of carbonyl (C=O) groups excluding carboxylic acids is 1. The van der Waals surface area contributed by atoms with Crippen LogP contribution in [0.4, 0.5) is 4.79 Å². The van der Waals surface area contributed by atoms with Crippen molar-refractivity contribution >= 4 is 44.7 Å². The van der Waals surface area contributed by atoms with Crippen molar-refractivity contribution in [3.05, 3.63) is 38.1 Å². The topological polar surface area (TPSA) is 101 Å². The zero-order valence-corrected chi connectivity index (χ0v) is 22.8. The van der Waals surface area contributed by atoms with Crippen molar-refractivity contribution < 1.29 is 14.3 Å². The summed E-state index contributed by atoms with van der Waals surface area (Å²) in [4.78, 5) is 28.7. The van der Waals surface area contributed by atoms with Crippen LogP contribution < -0.4 is 0 Å². The molecule has 34 heavy (non-hydrogen) atoms. The van der Waals surface area contributed by atoms with Gasteiger partial charge in [0.15, 0.2) is 0 Å². The van der Waals surface area contributed by atoms with Crippen molar-refractivity contribution in [2.75, 3.05) is 0 Å². The molecule has 2 atom stereocenters. The lowest BCUT2D eigenvalue weighted by atomic mass is 10.1. The molecule has 1 amide bonds. The fourth-order valence-electron chi connectivity index (χ4n) is 3.84. The smallest absolute Gasteiger partial charge is 0.413 e. The highest BCUT2D eigenvalue weighted by molar-refractivity contribution is 9.10. The second-order valence-corrected chi connectivity index (χ2v) is 11.9. The van der Waals surface area contributed by atoms with Crippen molar-refractivity contribution in [3.8, 4) is 28.2 Å². The number of rotatable bonds is 3. The summed E-state index contributed by atoms with van der Waals surface area (Å²) in [5, 5.41) is 14.8. The van der Waals surface area contributed by atoms with Crippen LogP contribution in [0.5, 0.6) is 0 Å². The van der Waals surface area contributed by atoms with Crippen LogP contribution >= 0.6 is 38.6 Å². The second kappa shape index (κ2) is 9.00. The summed E-state index contributed by atoms with van der Waals surface area (Å²) >= 11 is 6.22. The van der Waals surface area contributed by atoms with Gasteiger partial charge in [-0.05, 0) is 69.6 Å². The van der Waals surface area contributed by atoms with Gasteiger partial charge >= 0.3 is 6.09 Å². The van der Waals surface area contributed by atoms with E-state index >= 15 is 0 Å². The monoisotopic (exact) mass is 561 g/mol. The Morgan fingerprint density at radius 2 is 1.94 bits per heavy atom. The summed E-state index contributed by atoms with van der Waals surface area (Å²) in [6.07, 6.45) is -0.764. The highest BCUT2D eigenvalue weighted by atomic mass is 79.9. The molecule has 1 aliphatic rings. The number of amides is 1. The maximum Gasteiger partial charge on any atom is 0.413 e. The Kier molecular flexibility index (Phi) is 6.54. The van der Waals surface area contributed by atoms with Crippen LogP contribution in [0.3, 0.4) is 0 Å². The third-order valence-corrected chi connectivity index (χ3v) is 7.59. The molecule has 1 aliphatic heterocycles. The van der Waals surface area contributed by atoms with Crippen LogP contribution in [0.25, 0.3) is 22.1 Å². The molecule has 1 saturated heterocycles. The predicted molar refractivity (Wildman–Crippen MR) is 134 cm³/mol. The molecule has 3 aromatic heterocycles. The number of hydrogen-bond acceptors (Lipinski definition) is 9. The molecule has 0 spiro atoms. The number of ether oxygens (including phenoxy) is 2. The first-order valence-corrected chi connectivity index (χ1v) is 13.1. The number of nitrogens with zero attached hydrogens (tertiary/aromatic N) is 5. The molecule has 0 radical (unpaired) electrons. The van der Waals surface area contributed by atoms with Crippen molar-refractivity contribution in [2.45, 2.75) is 65.0 Å². The second-order valence-electron chi connectivity index (χ2n) is 9.32. The van der Waals surface area contributed by atoms with Crippen LogP contribution in [0, 0.1) is 11.3 Å². The third-order valence-electron chi connectivity index (χ3n) is 5.10. The van der Waals surface area contributed by atoms with Crippen LogP contribution in [-0.4, -0.2) is 43.4 Å². The van der Waals surface area contributed by atoms with Gasteiger partial charge < -0.3 is 9.47 Å². The normalized spacial score (nSPS) is 19.8. The summed E-state index contributed by atoms with van der Waals surface area (Å²) in [5.41, 5.74) is 0.601. The summed E-state index contributed by atoms with van der Waals surface area (Å²) in [6, 6.07) is 5.26. The first-order valence-electron chi connectivity index (χ1n) is 10.6. The molecule has 0 N–H and O–H groups in total. The molecule has 0 saturated carbocycles. The molecule has 8 nitrogen and oxygen atoms in total. The highest BCUT2D eigenvalue weighted by Crippen LogP contribution is 2.44. The van der Waals surface area contributed by atoms with E-state index in [1.54, 1.807) is 17.0 Å². The molecule has 3 aromatic rings. The van der Waals surface area contributed by atoms with E-state index in [1.807, 2.05) is 52.3 Å². The lowest BCUT2D eigenvalue weighted by Gasteiger charge is -2.34. The summed E-state index contributed by atoms with van der Waals surface area (Å²) in [5.74, 6) is 0. The first-order chi connectivity index (χ1) is 15.9. The van der Waals surface area contributed by atoms with Gasteiger partial charge in [-0.1, -0.05) is 0 Å². The Labute approximate surface area is 214 Å². The quantitative estimate of drug-likeness (QED) is 0.364. The van der Waals surface area contributed by atoms with Gasteiger partial charge in [-0.2, -0.15) is 5.26 Å². The van der Waals surface area contributed by atoms with E-state index in [9.17, 15) is 10.1 Å². The largest absolute Gasteiger partial charge is 0.444 e. The highest BCUT2D eigenvalue weighted by Gasteiger charge is 2.51. The molecule has 1 fully saturated rings. The molecule has 4 heterocycles. The molecule has 4 rings (SSSR count). The third kappa shape index (κ3) is 4.86. The maximum atomic E-state index is 13.1. The van der Waals surface area contributed by atoms with Gasteiger partial charge in [-0.25, -0.2) is 19.7 Å². The molecular weight excluding hydrogens is 538 g/mol. The van der Waals surface area contributed by atoms with Crippen LogP contribution in [0.2, 0.25) is 0 Å². The number of carbonyl (C=O) groups is 1. The fraction of sp³-hybridized carbons (Fsp3) is 0.435. The predicted octanol–water partition coefficient (Wildman–Crippen LogP) is 6.40. The molecule has 178 valence electrons. The molecule has 11 heteroatoms. The Hall–Kier alpha value is -2.39. The Balaban J connectivity index is 1.72. The van der Waals surface area contributed by atoms with Gasteiger partial charge in [0.2, 0.25) is 0 Å². The fourth-order valence-corrected chi connectivity index (χ4v) is 6.05. The SMILES string of the molecule is C[C@H]1OC(C)(C)N(C(=O)OC(C)(C)C)C1c1nc(-c2nc(-c3nc(Br)cs3)ccc2C#N)cs1. The van der Waals surface area contributed by atoms with E-state index in [0.717, 1.165) is 9.61 Å². The van der Waals surface area contributed by atoms with Gasteiger partial charge in [0.1, 0.15) is 49.4 Å². The molecule has 0 bridgehead atoms. The Morgan fingerprint density at radius 1 is 1.21 bits per heavy atom. The number of nitriles is 1. The number of halogens is 1. The van der Waals surface area contributed by atoms with Gasteiger partial charge in [-0.3, -0.25) is 4.90 Å². The average Bonchev–Trinajstić information content (AvgIpc) is 3.43. The van der Waals surface area contributed by atoms with E-state index in [0.29, 0.717) is 27.7 Å². The lowest BCUT2D eigenvalue weighted by molar-refractivity contribution is -0.0757. The lowest BCUT2D eigenvalue weighted by Crippen LogP contribution is -2.47. The van der Waals surface area contributed by atoms with Crippen molar-refractivity contribution in [1.29, 1.82) is 5.26 Å². The van der Waals surface area contributed by atoms with Gasteiger partial charge in [0.05, 0.1) is 17.4 Å². The minimum absolute atomic E-state index is 0.302. The van der Waals surface area contributed by atoms with Crippen molar-refractivity contribution in [2.24, 2.45) is 0 Å². The average molecular weight is 563 g/mol. The van der Waals surface area contributed by atoms with Gasteiger partial charge in [0.25, 0.3) is 0 Å². The van der Waals surface area contributed by atoms with E-state index in [4.69, 9.17) is 19.4 Å². The van der Waals surface area contributed by atoms with Crippen molar-refractivity contribution in [3.63, 3.8) is 0 Å². The summed E-state index contributed by atoms with van der Waals surface area (Å²) in [7, 11) is 0. The van der Waals surface area contributed by atoms with E-state index in [-0.39, 0.29) is 6.10 Å². The van der Waals surface area contributed by atoms with Crippen LogP contribution in [0.15, 0.2) is 27.5 Å². The number of thiazole rings is 2. The van der Waals surface area contributed by atoms with Gasteiger partial charge in [-0.15, -0.1) is 22.7 Å². The Bertz CT molecular complexity index is 1270. The summed E-state index contributed by atoms with van der Waals surface area (Å²) in [6.45, 7) is 11.1. The van der Waals surface area contributed by atoms with E-state index < -0.39 is 23.5 Å². The van der Waals surface area contributed by atoms with Crippen molar-refractivity contribution in [1.82, 2.24) is 19.9 Å². The van der Waals surface area contributed by atoms with Crippen LogP contribution in [0.1, 0.15) is 58.2 Å². The molecule has 1 unspecified atom stereocenters. The van der Waals surface area contributed by atoms with E-state index in [1.165, 1.54) is 22.7 Å².